The van der Waals surface area contributed by atoms with Crippen LogP contribution in [0.15, 0.2) is 0 Å². The van der Waals surface area contributed by atoms with Crippen LogP contribution in [0, 0.1) is 0 Å². The maximum absolute atomic E-state index is 10.6. The lowest BCUT2D eigenvalue weighted by Crippen LogP contribution is -1.88. The van der Waals surface area contributed by atoms with E-state index in [2.05, 4.69) is 13.4 Å². The zero-order chi connectivity index (χ0) is 8.10. The first-order chi connectivity index (χ1) is 5.29. The van der Waals surface area contributed by atoms with E-state index in [4.69, 9.17) is 0 Å². The zero-order valence-corrected chi connectivity index (χ0v) is 7.55. The molecule has 2 unspecified atom stereocenters. The summed E-state index contributed by atoms with van der Waals surface area (Å²) in [6.45, 7) is 0.726. The molecule has 62 valence electrons. The van der Waals surface area contributed by atoms with Crippen molar-refractivity contribution in [1.82, 2.24) is 0 Å². The molecule has 1 heterocycles. The highest BCUT2D eigenvalue weighted by Crippen LogP contribution is 2.40. The van der Waals surface area contributed by atoms with Crippen molar-refractivity contribution >= 4 is 16.5 Å². The summed E-state index contributed by atoms with van der Waals surface area (Å²) in [6.07, 6.45) is 1.49. The van der Waals surface area contributed by atoms with Crippen LogP contribution < -0.4 is 0 Å². The molecule has 11 heavy (non-hydrogen) atoms. The molecule has 1 aliphatic heterocycles. The molecular weight excluding hydrogens is 190 g/mol. The summed E-state index contributed by atoms with van der Waals surface area (Å²) in [7, 11) is -4.50. The molecule has 1 rings (SSSR count). The van der Waals surface area contributed by atoms with Gasteiger partial charge in [0, 0.05) is 9.13 Å². The Labute approximate surface area is 65.9 Å². The third kappa shape index (κ3) is 3.85. The van der Waals surface area contributed by atoms with Crippen molar-refractivity contribution in [2.24, 2.45) is 0 Å². The van der Waals surface area contributed by atoms with Crippen LogP contribution in [0.5, 0.6) is 0 Å². The monoisotopic (exact) mass is 198 g/mol. The lowest BCUT2D eigenvalue weighted by atomic mass is 10.3. The van der Waals surface area contributed by atoms with Gasteiger partial charge in [0.25, 0.3) is 0 Å². The average Bonchev–Trinajstić information content (AvgIpc) is 2.02. The van der Waals surface area contributed by atoms with Crippen molar-refractivity contribution < 1.29 is 22.5 Å². The summed E-state index contributed by atoms with van der Waals surface area (Å²) in [6, 6.07) is 0. The maximum atomic E-state index is 10.6. The molecule has 7 heteroatoms. The molecule has 0 spiro atoms. The van der Waals surface area contributed by atoms with E-state index in [1.54, 1.807) is 0 Å². The van der Waals surface area contributed by atoms with Crippen LogP contribution in [-0.4, -0.2) is 13.2 Å². The van der Waals surface area contributed by atoms with E-state index in [1.807, 2.05) is 0 Å². The maximum Gasteiger partial charge on any atom is 0.747 e. The molecule has 0 aromatic heterocycles. The first kappa shape index (κ1) is 9.17. The van der Waals surface area contributed by atoms with Crippen molar-refractivity contribution in [2.45, 2.75) is 12.8 Å². The molecule has 0 aromatic carbocycles. The van der Waals surface area contributed by atoms with Gasteiger partial charge in [-0.1, -0.05) is 0 Å². The van der Waals surface area contributed by atoms with Gasteiger partial charge in [0.1, 0.15) is 13.2 Å². The number of rotatable bonds is 0. The molecule has 0 amide bonds. The summed E-state index contributed by atoms with van der Waals surface area (Å²) >= 11 is 0. The fourth-order valence-electron chi connectivity index (χ4n) is 0.584. The van der Waals surface area contributed by atoms with Crippen LogP contribution in [-0.2, 0) is 22.5 Å². The van der Waals surface area contributed by atoms with Crippen molar-refractivity contribution in [2.75, 3.05) is 13.2 Å². The highest BCUT2D eigenvalue weighted by molar-refractivity contribution is 7.47. The summed E-state index contributed by atoms with van der Waals surface area (Å²) in [5.41, 5.74) is 0. The summed E-state index contributed by atoms with van der Waals surface area (Å²) in [4.78, 5) is 0. The highest BCUT2D eigenvalue weighted by Gasteiger charge is 2.40. The van der Waals surface area contributed by atoms with Gasteiger partial charge in [0.05, 0.1) is 0 Å². The Bertz CT molecular complexity index is 152. The van der Waals surface area contributed by atoms with Gasteiger partial charge >= 0.3 is 16.5 Å². The molecule has 1 aliphatic rings. The molecule has 0 N–H and O–H groups in total. The van der Waals surface area contributed by atoms with E-state index in [-0.39, 0.29) is 0 Å². The summed E-state index contributed by atoms with van der Waals surface area (Å²) in [5, 5.41) is 0. The Morgan fingerprint density at radius 1 is 0.909 bits per heavy atom. The predicted octanol–water partition coefficient (Wildman–Crippen LogP) is 2.14. The standard InChI is InChI=1S/C4H8O5P2/c5-10-7-3-1-2-4-8-11(6)9-10/h1-4H2/q+2. The largest absolute Gasteiger partial charge is 0.747 e. The molecular formula is C4H8O5P2+2. The Balaban J connectivity index is 2.39. The van der Waals surface area contributed by atoms with Gasteiger partial charge in [-0.3, -0.25) is 0 Å². The van der Waals surface area contributed by atoms with Gasteiger partial charge in [-0.25, -0.2) is 0 Å². The van der Waals surface area contributed by atoms with Crippen molar-refractivity contribution in [3.8, 4) is 0 Å². The second-order valence-corrected chi connectivity index (χ2v) is 3.97. The SMILES string of the molecule is O=[P+]1OCCCCO[P+](=O)O1. The fraction of sp³-hybridized carbons (Fsp3) is 1.00. The van der Waals surface area contributed by atoms with Crippen LogP contribution in [0.2, 0.25) is 0 Å². The van der Waals surface area contributed by atoms with Crippen LogP contribution >= 0.6 is 16.5 Å². The second-order valence-electron chi connectivity index (χ2n) is 1.90. The minimum Gasteiger partial charge on any atom is -0.116 e. The number of hydrogen-bond acceptors (Lipinski definition) is 5. The Morgan fingerprint density at radius 3 is 1.82 bits per heavy atom. The molecule has 0 aliphatic carbocycles. The second kappa shape index (κ2) is 4.86. The normalized spacial score (nSPS) is 28.7. The first-order valence-electron chi connectivity index (χ1n) is 3.17. The summed E-state index contributed by atoms with van der Waals surface area (Å²) < 4.78 is 34.9. The fourth-order valence-corrected chi connectivity index (χ4v) is 1.95. The van der Waals surface area contributed by atoms with Gasteiger partial charge in [0.2, 0.25) is 0 Å². The van der Waals surface area contributed by atoms with E-state index < -0.39 is 16.5 Å². The lowest BCUT2D eigenvalue weighted by Gasteiger charge is -1.86. The van der Waals surface area contributed by atoms with E-state index in [9.17, 15) is 9.13 Å². The van der Waals surface area contributed by atoms with Crippen LogP contribution in [0.4, 0.5) is 0 Å². The van der Waals surface area contributed by atoms with E-state index in [1.165, 1.54) is 0 Å². The van der Waals surface area contributed by atoms with Crippen molar-refractivity contribution in [1.29, 1.82) is 0 Å². The molecule has 2 atom stereocenters. The molecule has 0 radical (unpaired) electrons. The van der Waals surface area contributed by atoms with Gasteiger partial charge in [-0.15, -0.1) is 9.05 Å². The van der Waals surface area contributed by atoms with Crippen molar-refractivity contribution in [3.05, 3.63) is 0 Å². The average molecular weight is 198 g/mol. The number of hydrogen-bond donors (Lipinski definition) is 0. The lowest BCUT2D eigenvalue weighted by molar-refractivity contribution is 0.282. The molecule has 1 fully saturated rings. The predicted molar refractivity (Wildman–Crippen MR) is 37.4 cm³/mol. The molecule has 1 saturated heterocycles. The third-order valence-corrected chi connectivity index (χ3v) is 2.92. The van der Waals surface area contributed by atoms with Crippen LogP contribution in [0.25, 0.3) is 0 Å². The van der Waals surface area contributed by atoms with Gasteiger partial charge in [0.15, 0.2) is 4.31 Å². The molecule has 0 bridgehead atoms. The Kier molecular flexibility index (Phi) is 4.05. The topological polar surface area (TPSA) is 61.8 Å². The van der Waals surface area contributed by atoms with E-state index in [0.717, 1.165) is 12.8 Å². The summed E-state index contributed by atoms with van der Waals surface area (Å²) in [5.74, 6) is 0. The van der Waals surface area contributed by atoms with E-state index in [0.29, 0.717) is 13.2 Å². The molecule has 5 nitrogen and oxygen atoms in total. The Hall–Kier alpha value is 0.0800. The van der Waals surface area contributed by atoms with Crippen LogP contribution in [0.1, 0.15) is 12.8 Å². The minimum absolute atomic E-state index is 0.363. The van der Waals surface area contributed by atoms with Crippen LogP contribution in [0.3, 0.4) is 0 Å². The van der Waals surface area contributed by atoms with Gasteiger partial charge in [-0.05, 0) is 12.8 Å². The van der Waals surface area contributed by atoms with Crippen molar-refractivity contribution in [3.63, 3.8) is 0 Å². The smallest absolute Gasteiger partial charge is 0.116 e. The first-order valence-corrected chi connectivity index (χ1v) is 5.36. The third-order valence-electron chi connectivity index (χ3n) is 1.07. The van der Waals surface area contributed by atoms with E-state index >= 15 is 0 Å². The Morgan fingerprint density at radius 2 is 1.36 bits per heavy atom. The minimum atomic E-state index is -2.25. The van der Waals surface area contributed by atoms with Gasteiger partial charge < -0.3 is 0 Å². The zero-order valence-electron chi connectivity index (χ0n) is 5.76. The van der Waals surface area contributed by atoms with Gasteiger partial charge in [-0.2, -0.15) is 0 Å². The molecule has 0 aromatic rings. The highest BCUT2D eigenvalue weighted by atomic mass is 31.2. The molecule has 0 saturated carbocycles. The quantitative estimate of drug-likeness (QED) is 0.558.